The van der Waals surface area contributed by atoms with E-state index in [9.17, 15) is 13.6 Å². The summed E-state index contributed by atoms with van der Waals surface area (Å²) >= 11 is 0. The van der Waals surface area contributed by atoms with Crippen LogP contribution in [0.15, 0.2) is 42.5 Å². The van der Waals surface area contributed by atoms with Crippen LogP contribution in [0.4, 0.5) is 14.5 Å². The van der Waals surface area contributed by atoms with Crippen molar-refractivity contribution in [3.8, 4) is 0 Å². The van der Waals surface area contributed by atoms with Crippen molar-refractivity contribution in [2.75, 3.05) is 4.90 Å². The molecule has 0 bridgehead atoms. The zero-order valence-electron chi connectivity index (χ0n) is 10.9. The molecule has 0 aromatic heterocycles. The molecular weight excluding hydrogens is 260 g/mol. The largest absolute Gasteiger partial charge is 0.305 e. The third-order valence-corrected chi connectivity index (χ3v) is 3.60. The summed E-state index contributed by atoms with van der Waals surface area (Å²) in [5, 5.41) is 0. The molecule has 0 saturated heterocycles. The number of amides is 1. The van der Waals surface area contributed by atoms with E-state index in [0.29, 0.717) is 6.42 Å². The Bertz CT molecular complexity index is 664. The number of anilines is 1. The molecule has 1 unspecified atom stereocenters. The predicted molar refractivity (Wildman–Crippen MR) is 72.8 cm³/mol. The quantitative estimate of drug-likeness (QED) is 0.778. The van der Waals surface area contributed by atoms with Crippen molar-refractivity contribution in [1.82, 2.24) is 0 Å². The van der Waals surface area contributed by atoms with Crippen LogP contribution in [0, 0.1) is 11.6 Å². The van der Waals surface area contributed by atoms with E-state index < -0.39 is 23.1 Å². The lowest BCUT2D eigenvalue weighted by Gasteiger charge is -2.23. The second-order valence-corrected chi connectivity index (χ2v) is 4.95. The average molecular weight is 273 g/mol. The van der Waals surface area contributed by atoms with Crippen LogP contribution in [-0.2, 0) is 6.42 Å². The molecule has 1 aliphatic heterocycles. The fourth-order valence-electron chi connectivity index (χ4n) is 2.70. The molecule has 102 valence electrons. The molecule has 3 rings (SSSR count). The van der Waals surface area contributed by atoms with Crippen LogP contribution in [-0.4, -0.2) is 11.9 Å². The average Bonchev–Trinajstić information content (AvgIpc) is 2.74. The molecule has 0 aliphatic carbocycles. The van der Waals surface area contributed by atoms with Gasteiger partial charge in [0.2, 0.25) is 0 Å². The van der Waals surface area contributed by atoms with Gasteiger partial charge in [0.1, 0.15) is 17.2 Å². The lowest BCUT2D eigenvalue weighted by Crippen LogP contribution is -2.36. The van der Waals surface area contributed by atoms with E-state index >= 15 is 0 Å². The van der Waals surface area contributed by atoms with E-state index in [-0.39, 0.29) is 6.04 Å². The topological polar surface area (TPSA) is 20.3 Å². The molecule has 2 aromatic carbocycles. The molecule has 1 atom stereocenters. The van der Waals surface area contributed by atoms with Crippen LogP contribution in [0.5, 0.6) is 0 Å². The molecule has 1 aliphatic rings. The first-order valence-corrected chi connectivity index (χ1v) is 6.45. The molecule has 0 radical (unpaired) electrons. The zero-order valence-corrected chi connectivity index (χ0v) is 10.9. The van der Waals surface area contributed by atoms with Gasteiger partial charge in [0.15, 0.2) is 0 Å². The first-order valence-electron chi connectivity index (χ1n) is 6.45. The Morgan fingerprint density at radius 3 is 2.45 bits per heavy atom. The normalized spacial score (nSPS) is 17.1. The van der Waals surface area contributed by atoms with E-state index in [2.05, 4.69) is 0 Å². The molecule has 2 nitrogen and oxygen atoms in total. The molecule has 4 heteroatoms. The minimum absolute atomic E-state index is 0.112. The van der Waals surface area contributed by atoms with Gasteiger partial charge in [-0.1, -0.05) is 24.3 Å². The van der Waals surface area contributed by atoms with Gasteiger partial charge in [-0.15, -0.1) is 0 Å². The summed E-state index contributed by atoms with van der Waals surface area (Å²) in [7, 11) is 0. The highest BCUT2D eigenvalue weighted by Crippen LogP contribution is 2.33. The number of rotatable bonds is 1. The fraction of sp³-hybridized carbons (Fsp3) is 0.188. The van der Waals surface area contributed by atoms with Crippen molar-refractivity contribution in [3.63, 3.8) is 0 Å². The molecule has 20 heavy (non-hydrogen) atoms. The first kappa shape index (κ1) is 12.8. The number of para-hydroxylation sites is 1. The third-order valence-electron chi connectivity index (χ3n) is 3.60. The Balaban J connectivity index is 2.08. The molecule has 0 N–H and O–H groups in total. The summed E-state index contributed by atoms with van der Waals surface area (Å²) in [5.41, 5.74) is 1.26. The highest BCUT2D eigenvalue weighted by Gasteiger charge is 2.33. The van der Waals surface area contributed by atoms with Crippen molar-refractivity contribution in [2.45, 2.75) is 19.4 Å². The number of hydrogen-bond donors (Lipinski definition) is 0. The molecule has 2 aromatic rings. The van der Waals surface area contributed by atoms with Crippen LogP contribution in [0.1, 0.15) is 22.8 Å². The summed E-state index contributed by atoms with van der Waals surface area (Å²) in [4.78, 5) is 14.0. The fourth-order valence-corrected chi connectivity index (χ4v) is 2.70. The Morgan fingerprint density at radius 2 is 1.75 bits per heavy atom. The SMILES string of the molecule is CC1Cc2ccccc2N1C(=O)c1c(F)cccc1F. The van der Waals surface area contributed by atoms with Crippen molar-refractivity contribution in [1.29, 1.82) is 0 Å². The number of carbonyl (C=O) groups is 1. The van der Waals surface area contributed by atoms with Crippen LogP contribution < -0.4 is 4.90 Å². The van der Waals surface area contributed by atoms with E-state index in [0.717, 1.165) is 23.4 Å². The molecule has 0 saturated carbocycles. The van der Waals surface area contributed by atoms with E-state index in [1.165, 1.54) is 11.0 Å². The number of hydrogen-bond acceptors (Lipinski definition) is 1. The van der Waals surface area contributed by atoms with Crippen molar-refractivity contribution < 1.29 is 13.6 Å². The summed E-state index contributed by atoms with van der Waals surface area (Å²) in [6.45, 7) is 1.87. The molecule has 1 heterocycles. The maximum atomic E-state index is 13.8. The third kappa shape index (κ3) is 1.88. The maximum Gasteiger partial charge on any atom is 0.264 e. The number of carbonyl (C=O) groups excluding carboxylic acids is 1. The van der Waals surface area contributed by atoms with Gasteiger partial charge >= 0.3 is 0 Å². The van der Waals surface area contributed by atoms with Crippen molar-refractivity contribution in [3.05, 3.63) is 65.2 Å². The lowest BCUT2D eigenvalue weighted by atomic mass is 10.1. The zero-order chi connectivity index (χ0) is 14.3. The minimum Gasteiger partial charge on any atom is -0.305 e. The van der Waals surface area contributed by atoms with Gasteiger partial charge in [-0.3, -0.25) is 4.79 Å². The van der Waals surface area contributed by atoms with Crippen LogP contribution in [0.2, 0.25) is 0 Å². The molecular formula is C16H13F2NO. The highest BCUT2D eigenvalue weighted by molar-refractivity contribution is 6.08. The lowest BCUT2D eigenvalue weighted by molar-refractivity contribution is 0.0973. The van der Waals surface area contributed by atoms with Gasteiger partial charge in [-0.05, 0) is 37.1 Å². The molecule has 0 fully saturated rings. The Labute approximate surface area is 115 Å². The van der Waals surface area contributed by atoms with Gasteiger partial charge in [-0.2, -0.15) is 0 Å². The predicted octanol–water partition coefficient (Wildman–Crippen LogP) is 3.56. The Hall–Kier alpha value is -2.23. The summed E-state index contributed by atoms with van der Waals surface area (Å²) < 4.78 is 27.5. The van der Waals surface area contributed by atoms with Gasteiger partial charge in [0.05, 0.1) is 0 Å². The summed E-state index contributed by atoms with van der Waals surface area (Å²) in [6.07, 6.45) is 0.692. The standard InChI is InChI=1S/C16H13F2NO/c1-10-9-11-5-2-3-8-14(11)19(10)16(20)15-12(17)6-4-7-13(15)18/h2-8,10H,9H2,1H3. The molecule has 1 amide bonds. The van der Waals surface area contributed by atoms with Gasteiger partial charge < -0.3 is 4.90 Å². The van der Waals surface area contributed by atoms with E-state index in [1.54, 1.807) is 6.07 Å². The first-order chi connectivity index (χ1) is 9.59. The molecule has 0 spiro atoms. The van der Waals surface area contributed by atoms with Crippen LogP contribution >= 0.6 is 0 Å². The van der Waals surface area contributed by atoms with Gasteiger partial charge in [0.25, 0.3) is 5.91 Å². The number of fused-ring (bicyclic) bond motifs is 1. The van der Waals surface area contributed by atoms with Crippen LogP contribution in [0.25, 0.3) is 0 Å². The Kier molecular flexibility index (Phi) is 3.01. The second kappa shape index (κ2) is 4.71. The Morgan fingerprint density at radius 1 is 1.10 bits per heavy atom. The van der Waals surface area contributed by atoms with Crippen LogP contribution in [0.3, 0.4) is 0 Å². The van der Waals surface area contributed by atoms with E-state index in [1.807, 2.05) is 25.1 Å². The smallest absolute Gasteiger partial charge is 0.264 e. The summed E-state index contributed by atoms with van der Waals surface area (Å²) in [5.74, 6) is -2.28. The highest BCUT2D eigenvalue weighted by atomic mass is 19.1. The van der Waals surface area contributed by atoms with Crippen molar-refractivity contribution >= 4 is 11.6 Å². The minimum atomic E-state index is -0.827. The van der Waals surface area contributed by atoms with Crippen molar-refractivity contribution in [2.24, 2.45) is 0 Å². The maximum absolute atomic E-state index is 13.8. The van der Waals surface area contributed by atoms with Gasteiger partial charge in [0, 0.05) is 11.7 Å². The monoisotopic (exact) mass is 273 g/mol. The second-order valence-electron chi connectivity index (χ2n) is 4.95. The number of benzene rings is 2. The number of nitrogens with zero attached hydrogens (tertiary/aromatic N) is 1. The van der Waals surface area contributed by atoms with Gasteiger partial charge in [-0.25, -0.2) is 8.78 Å². The van der Waals surface area contributed by atoms with E-state index in [4.69, 9.17) is 0 Å². The number of halogens is 2. The summed E-state index contributed by atoms with van der Waals surface area (Å²) in [6, 6.07) is 10.8.